The first-order valence-electron chi connectivity index (χ1n) is 9.48. The summed E-state index contributed by atoms with van der Waals surface area (Å²) < 4.78 is 34.0. The number of nitrogens with zero attached hydrogens (tertiary/aromatic N) is 1. The topological polar surface area (TPSA) is 81.3 Å². The Morgan fingerprint density at radius 1 is 1.06 bits per heavy atom. The minimum Gasteiger partial charge on any atom is -0.437 e. The molecule has 0 spiro atoms. The van der Waals surface area contributed by atoms with E-state index < -0.39 is 6.61 Å². The van der Waals surface area contributed by atoms with Gasteiger partial charge >= 0.3 is 6.61 Å². The van der Waals surface area contributed by atoms with Crippen LogP contribution in [0.5, 0.6) is 5.75 Å². The van der Waals surface area contributed by atoms with E-state index in [1.165, 1.54) is 30.5 Å². The number of alkyl halides is 2. The summed E-state index contributed by atoms with van der Waals surface area (Å²) in [6.45, 7) is -2.64. The Labute approximate surface area is 181 Å². The molecule has 0 unspecified atom stereocenters. The maximum absolute atomic E-state index is 13.1. The van der Waals surface area contributed by atoms with Gasteiger partial charge < -0.3 is 14.5 Å². The number of ether oxygens (including phenoxy) is 2. The highest BCUT2D eigenvalue weighted by molar-refractivity contribution is 6.16. The molecule has 6 nitrogen and oxygen atoms in total. The number of pyridine rings is 1. The second-order valence-corrected chi connectivity index (χ2v) is 6.72. The molecule has 2 aromatic heterocycles. The van der Waals surface area contributed by atoms with E-state index in [1.807, 2.05) is 30.3 Å². The fourth-order valence-corrected chi connectivity index (χ4v) is 3.29. The van der Waals surface area contributed by atoms with Crippen LogP contribution in [0.3, 0.4) is 0 Å². The third kappa shape index (κ3) is 4.54. The molecule has 0 bridgehead atoms. The van der Waals surface area contributed by atoms with E-state index in [0.29, 0.717) is 23.1 Å². The highest BCUT2D eigenvalue weighted by atomic mass is 19.3. The number of halogens is 2. The van der Waals surface area contributed by atoms with Gasteiger partial charge in [-0.15, -0.1) is 0 Å². The average Bonchev–Trinajstić information content (AvgIpc) is 3.22. The zero-order valence-electron chi connectivity index (χ0n) is 16.5. The Morgan fingerprint density at radius 2 is 1.91 bits per heavy atom. The van der Waals surface area contributed by atoms with Crippen LogP contribution in [0, 0.1) is 0 Å². The maximum atomic E-state index is 13.1. The van der Waals surface area contributed by atoms with Crippen molar-refractivity contribution in [1.29, 1.82) is 0 Å². The molecule has 0 fully saturated rings. The lowest BCUT2D eigenvalue weighted by Gasteiger charge is -2.07. The summed E-state index contributed by atoms with van der Waals surface area (Å²) in [7, 11) is 0. The van der Waals surface area contributed by atoms with Gasteiger partial charge in [-0.2, -0.15) is 8.78 Å². The molecule has 0 radical (unpaired) electrons. The molecule has 0 aliphatic heterocycles. The number of H-pyrrole nitrogens is 1. The molecule has 0 aliphatic rings. The van der Waals surface area contributed by atoms with E-state index in [4.69, 9.17) is 0 Å². The van der Waals surface area contributed by atoms with E-state index in [1.54, 1.807) is 18.5 Å². The van der Waals surface area contributed by atoms with Gasteiger partial charge in [0.1, 0.15) is 11.4 Å². The van der Waals surface area contributed by atoms with Crippen molar-refractivity contribution < 1.29 is 27.8 Å². The lowest BCUT2D eigenvalue weighted by atomic mass is 10.00. The van der Waals surface area contributed by atoms with Gasteiger partial charge in [-0.1, -0.05) is 30.3 Å². The molecule has 160 valence electrons. The average molecular weight is 434 g/mol. The standard InChI is InChI=1S/C24H16F2N2O4/c25-24(26)32-19-6-2-5-17(10-19)22(30)21-13-28-23-20(21)11-18(12-27-23)16-4-1-3-15(9-16)7-8-31-14-29/h1-14,24H,(H,27,28). The van der Waals surface area contributed by atoms with Crippen LogP contribution in [-0.2, 0) is 9.53 Å². The zero-order valence-corrected chi connectivity index (χ0v) is 16.5. The monoisotopic (exact) mass is 434 g/mol. The molecule has 2 heterocycles. The van der Waals surface area contributed by atoms with Crippen molar-refractivity contribution in [2.45, 2.75) is 6.61 Å². The number of rotatable bonds is 8. The molecule has 0 atom stereocenters. The van der Waals surface area contributed by atoms with Gasteiger partial charge in [0, 0.05) is 34.5 Å². The van der Waals surface area contributed by atoms with Crippen LogP contribution < -0.4 is 4.74 Å². The van der Waals surface area contributed by atoms with Crippen LogP contribution in [0.4, 0.5) is 8.78 Å². The first-order chi connectivity index (χ1) is 15.5. The second kappa shape index (κ2) is 9.22. The molecule has 8 heteroatoms. The fraction of sp³-hybridized carbons (Fsp3) is 0.0417. The van der Waals surface area contributed by atoms with Crippen LogP contribution in [0.2, 0.25) is 0 Å². The van der Waals surface area contributed by atoms with Crippen molar-refractivity contribution in [3.63, 3.8) is 0 Å². The van der Waals surface area contributed by atoms with Crippen molar-refractivity contribution in [3.8, 4) is 16.9 Å². The number of aromatic nitrogens is 2. The smallest absolute Gasteiger partial charge is 0.387 e. The van der Waals surface area contributed by atoms with Crippen molar-refractivity contribution in [2.75, 3.05) is 0 Å². The number of nitrogens with one attached hydrogen (secondary N) is 1. The van der Waals surface area contributed by atoms with Crippen molar-refractivity contribution >= 4 is 29.4 Å². The Kier molecular flexibility index (Phi) is 6.03. The minimum atomic E-state index is -2.98. The summed E-state index contributed by atoms with van der Waals surface area (Å²) >= 11 is 0. The van der Waals surface area contributed by atoms with Gasteiger partial charge in [-0.05, 0) is 41.5 Å². The third-order valence-corrected chi connectivity index (χ3v) is 4.71. The number of hydrogen-bond donors (Lipinski definition) is 1. The van der Waals surface area contributed by atoms with Crippen LogP contribution in [0.25, 0.3) is 28.2 Å². The second-order valence-electron chi connectivity index (χ2n) is 6.72. The third-order valence-electron chi connectivity index (χ3n) is 4.71. The van der Waals surface area contributed by atoms with Gasteiger partial charge in [0.2, 0.25) is 0 Å². The van der Waals surface area contributed by atoms with Crippen molar-refractivity contribution in [1.82, 2.24) is 9.97 Å². The predicted molar refractivity (Wildman–Crippen MR) is 114 cm³/mol. The number of ketones is 1. The van der Waals surface area contributed by atoms with Crippen LogP contribution in [0.1, 0.15) is 21.5 Å². The molecule has 0 saturated heterocycles. The Morgan fingerprint density at radius 3 is 2.72 bits per heavy atom. The lowest BCUT2D eigenvalue weighted by molar-refractivity contribution is -0.123. The summed E-state index contributed by atoms with van der Waals surface area (Å²) in [5.41, 5.74) is 3.53. The van der Waals surface area contributed by atoms with Crippen LogP contribution in [0.15, 0.2) is 73.3 Å². The SMILES string of the molecule is O=COC=Cc1cccc(-c2cnc3[nH]cc(C(=O)c4cccc(OC(F)F)c4)c3c2)c1. The quantitative estimate of drug-likeness (QED) is 0.234. The lowest BCUT2D eigenvalue weighted by Crippen LogP contribution is -2.04. The van der Waals surface area contributed by atoms with Crippen molar-refractivity contribution in [3.05, 3.63) is 89.9 Å². The largest absolute Gasteiger partial charge is 0.437 e. The molecule has 2 aromatic carbocycles. The molecule has 0 saturated carbocycles. The van der Waals surface area contributed by atoms with Gasteiger partial charge in [-0.25, -0.2) is 4.98 Å². The number of hydrogen-bond acceptors (Lipinski definition) is 5. The van der Waals surface area contributed by atoms with E-state index in [9.17, 15) is 18.4 Å². The number of benzene rings is 2. The summed E-state index contributed by atoms with van der Waals surface area (Å²) in [5, 5.41) is 0.595. The highest BCUT2D eigenvalue weighted by Gasteiger charge is 2.17. The van der Waals surface area contributed by atoms with E-state index >= 15 is 0 Å². The molecule has 0 amide bonds. The van der Waals surface area contributed by atoms with Crippen LogP contribution >= 0.6 is 0 Å². The Balaban J connectivity index is 1.69. The van der Waals surface area contributed by atoms with Gasteiger partial charge in [0.25, 0.3) is 6.47 Å². The molecule has 4 rings (SSSR count). The summed E-state index contributed by atoms with van der Waals surface area (Å²) in [5.74, 6) is -0.439. The molecule has 4 aromatic rings. The predicted octanol–water partition coefficient (Wildman–Crippen LogP) is 5.21. The highest BCUT2D eigenvalue weighted by Crippen LogP contribution is 2.28. The van der Waals surface area contributed by atoms with E-state index in [0.717, 1.165) is 16.7 Å². The number of aromatic amines is 1. The minimum absolute atomic E-state index is 0.0899. The normalized spacial score (nSPS) is 11.2. The molecular weight excluding hydrogens is 418 g/mol. The maximum Gasteiger partial charge on any atom is 0.387 e. The number of carbonyl (C=O) groups is 2. The zero-order chi connectivity index (χ0) is 22.5. The Bertz CT molecular complexity index is 1310. The van der Waals surface area contributed by atoms with Gasteiger partial charge in [0.05, 0.1) is 6.26 Å². The van der Waals surface area contributed by atoms with Gasteiger partial charge in [0.15, 0.2) is 5.78 Å². The fourth-order valence-electron chi connectivity index (χ4n) is 3.29. The molecular formula is C24H16F2N2O4. The summed E-state index contributed by atoms with van der Waals surface area (Å²) in [6, 6.07) is 15.0. The summed E-state index contributed by atoms with van der Waals surface area (Å²) in [6.07, 6.45) is 6.14. The number of carbonyl (C=O) groups excluding carboxylic acids is 2. The van der Waals surface area contributed by atoms with Crippen LogP contribution in [-0.4, -0.2) is 28.8 Å². The first-order valence-corrected chi connectivity index (χ1v) is 9.48. The summed E-state index contributed by atoms with van der Waals surface area (Å²) in [4.78, 5) is 30.7. The van der Waals surface area contributed by atoms with E-state index in [-0.39, 0.29) is 17.1 Å². The number of fused-ring (bicyclic) bond motifs is 1. The molecule has 0 aliphatic carbocycles. The van der Waals surface area contributed by atoms with E-state index in [2.05, 4.69) is 19.4 Å². The molecule has 1 N–H and O–H groups in total. The van der Waals surface area contributed by atoms with Crippen molar-refractivity contribution in [2.24, 2.45) is 0 Å². The Hall–Kier alpha value is -4.33. The van der Waals surface area contributed by atoms with Gasteiger partial charge in [-0.3, -0.25) is 9.59 Å². The first kappa shape index (κ1) is 20.9. The molecule has 32 heavy (non-hydrogen) atoms.